The molecule has 2 aliphatic heterocycles. The zero-order valence-electron chi connectivity index (χ0n) is 9.33. The average molecular weight is 216 g/mol. The fourth-order valence-corrected chi connectivity index (χ4v) is 2.54. The van der Waals surface area contributed by atoms with Crippen molar-refractivity contribution in [3.05, 3.63) is 23.8 Å². The Bertz CT molecular complexity index is 428. The topological polar surface area (TPSA) is 32.3 Å². The normalized spacial score (nSPS) is 19.5. The van der Waals surface area contributed by atoms with Gasteiger partial charge < -0.3 is 10.2 Å². The summed E-state index contributed by atoms with van der Waals surface area (Å²) in [6.07, 6.45) is 4.04. The quantitative estimate of drug-likeness (QED) is 0.780. The Morgan fingerprint density at radius 3 is 2.94 bits per heavy atom. The predicted molar refractivity (Wildman–Crippen MR) is 64.8 cm³/mol. The van der Waals surface area contributed by atoms with E-state index in [9.17, 15) is 4.79 Å². The highest BCUT2D eigenvalue weighted by Crippen LogP contribution is 2.29. The molecule has 0 radical (unpaired) electrons. The van der Waals surface area contributed by atoms with Gasteiger partial charge in [0.05, 0.1) is 0 Å². The number of carbonyl (C=O) groups is 1. The molecule has 0 atom stereocenters. The number of amides is 1. The van der Waals surface area contributed by atoms with Gasteiger partial charge in [0.2, 0.25) is 5.91 Å². The number of nitrogens with one attached hydrogen (secondary N) is 1. The number of fused-ring (bicyclic) bond motifs is 1. The Hall–Kier alpha value is -1.51. The number of nitrogens with zero attached hydrogens (tertiary/aromatic N) is 1. The molecular weight excluding hydrogens is 200 g/mol. The van der Waals surface area contributed by atoms with Crippen molar-refractivity contribution in [1.82, 2.24) is 0 Å². The summed E-state index contributed by atoms with van der Waals surface area (Å²) in [6.45, 7) is 1.92. The van der Waals surface area contributed by atoms with Crippen LogP contribution in [0.1, 0.15) is 24.8 Å². The van der Waals surface area contributed by atoms with Crippen molar-refractivity contribution in [2.24, 2.45) is 0 Å². The molecule has 1 aromatic rings. The molecule has 0 unspecified atom stereocenters. The van der Waals surface area contributed by atoms with Crippen LogP contribution in [0.2, 0.25) is 0 Å². The van der Waals surface area contributed by atoms with E-state index in [1.807, 2.05) is 4.90 Å². The fourth-order valence-electron chi connectivity index (χ4n) is 2.54. The number of aryl methyl sites for hydroxylation is 1. The third-order valence-corrected chi connectivity index (χ3v) is 3.42. The van der Waals surface area contributed by atoms with E-state index in [-0.39, 0.29) is 5.91 Å². The molecule has 0 aromatic heterocycles. The number of anilines is 2. The van der Waals surface area contributed by atoms with Crippen LogP contribution in [0, 0.1) is 0 Å². The molecule has 0 saturated carbocycles. The molecule has 3 heteroatoms. The van der Waals surface area contributed by atoms with Crippen molar-refractivity contribution < 1.29 is 4.79 Å². The summed E-state index contributed by atoms with van der Waals surface area (Å²) in [4.78, 5) is 13.5. The van der Waals surface area contributed by atoms with Crippen LogP contribution in [0.4, 0.5) is 11.4 Å². The molecule has 0 spiro atoms. The van der Waals surface area contributed by atoms with Crippen LogP contribution in [0.3, 0.4) is 0 Å². The lowest BCUT2D eigenvalue weighted by molar-refractivity contribution is -0.117. The van der Waals surface area contributed by atoms with Crippen molar-refractivity contribution in [2.45, 2.75) is 25.7 Å². The Morgan fingerprint density at radius 2 is 2.12 bits per heavy atom. The minimum atomic E-state index is 0.260. The van der Waals surface area contributed by atoms with Crippen molar-refractivity contribution in [1.29, 1.82) is 0 Å². The highest BCUT2D eigenvalue weighted by Gasteiger charge is 2.22. The lowest BCUT2D eigenvalue weighted by Gasteiger charge is -2.22. The highest BCUT2D eigenvalue weighted by atomic mass is 16.2. The summed E-state index contributed by atoms with van der Waals surface area (Å²) in [7, 11) is 0. The minimum Gasteiger partial charge on any atom is -0.385 e. The Balaban J connectivity index is 1.93. The molecule has 0 aliphatic carbocycles. The van der Waals surface area contributed by atoms with Gasteiger partial charge in [-0.15, -0.1) is 0 Å². The smallest absolute Gasteiger partial charge is 0.227 e. The number of hydrogen-bond acceptors (Lipinski definition) is 2. The summed E-state index contributed by atoms with van der Waals surface area (Å²) in [5, 5.41) is 3.40. The van der Waals surface area contributed by atoms with E-state index >= 15 is 0 Å². The van der Waals surface area contributed by atoms with E-state index in [4.69, 9.17) is 0 Å². The molecule has 16 heavy (non-hydrogen) atoms. The van der Waals surface area contributed by atoms with Gasteiger partial charge in [-0.1, -0.05) is 6.07 Å². The predicted octanol–water partition coefficient (Wildman–Crippen LogP) is 2.17. The third kappa shape index (κ3) is 1.56. The van der Waals surface area contributed by atoms with Crippen LogP contribution in [0.15, 0.2) is 18.2 Å². The first kappa shape index (κ1) is 9.70. The maximum atomic E-state index is 11.6. The second-order valence-corrected chi connectivity index (χ2v) is 4.52. The van der Waals surface area contributed by atoms with Crippen molar-refractivity contribution in [3.8, 4) is 0 Å². The lowest BCUT2D eigenvalue weighted by atomic mass is 10.0. The van der Waals surface area contributed by atoms with Gasteiger partial charge in [-0.05, 0) is 37.0 Å². The van der Waals surface area contributed by atoms with Crippen molar-refractivity contribution in [3.63, 3.8) is 0 Å². The second-order valence-electron chi connectivity index (χ2n) is 4.52. The molecule has 0 bridgehead atoms. The maximum Gasteiger partial charge on any atom is 0.227 e. The molecule has 84 valence electrons. The second kappa shape index (κ2) is 3.81. The van der Waals surface area contributed by atoms with E-state index in [0.717, 1.165) is 31.6 Å². The number of benzene rings is 1. The van der Waals surface area contributed by atoms with Crippen LogP contribution in [0.5, 0.6) is 0 Å². The van der Waals surface area contributed by atoms with Gasteiger partial charge in [-0.25, -0.2) is 0 Å². The highest BCUT2D eigenvalue weighted by molar-refractivity contribution is 5.95. The van der Waals surface area contributed by atoms with Gasteiger partial charge >= 0.3 is 0 Å². The van der Waals surface area contributed by atoms with Gasteiger partial charge in [-0.2, -0.15) is 0 Å². The van der Waals surface area contributed by atoms with Gasteiger partial charge in [0.1, 0.15) is 0 Å². The molecular formula is C13H16N2O. The Kier molecular flexibility index (Phi) is 2.31. The molecule has 1 amide bonds. The van der Waals surface area contributed by atoms with Crippen LogP contribution in [-0.4, -0.2) is 19.0 Å². The van der Waals surface area contributed by atoms with E-state index in [1.54, 1.807) is 0 Å². The SMILES string of the molecule is O=C1CCCN1c1ccc2c(c1)NCCC2. The first-order chi connectivity index (χ1) is 7.84. The van der Waals surface area contributed by atoms with Gasteiger partial charge in [-0.3, -0.25) is 4.79 Å². The van der Waals surface area contributed by atoms with Crippen LogP contribution < -0.4 is 10.2 Å². The first-order valence-corrected chi connectivity index (χ1v) is 6.02. The molecule has 2 aliphatic rings. The third-order valence-electron chi connectivity index (χ3n) is 3.42. The van der Waals surface area contributed by atoms with Crippen LogP contribution >= 0.6 is 0 Å². The fraction of sp³-hybridized carbons (Fsp3) is 0.462. The Labute approximate surface area is 95.4 Å². The summed E-state index contributed by atoms with van der Waals surface area (Å²) >= 11 is 0. The van der Waals surface area contributed by atoms with Crippen molar-refractivity contribution in [2.75, 3.05) is 23.3 Å². The molecule has 3 nitrogen and oxygen atoms in total. The van der Waals surface area contributed by atoms with E-state index in [0.29, 0.717) is 6.42 Å². The van der Waals surface area contributed by atoms with Gasteiger partial charge in [0.25, 0.3) is 0 Å². The Morgan fingerprint density at radius 1 is 1.19 bits per heavy atom. The van der Waals surface area contributed by atoms with Crippen LogP contribution in [-0.2, 0) is 11.2 Å². The summed E-state index contributed by atoms with van der Waals surface area (Å²) < 4.78 is 0. The molecule has 1 N–H and O–H groups in total. The largest absolute Gasteiger partial charge is 0.385 e. The standard InChI is InChI=1S/C13H16N2O/c16-13-4-2-8-15(13)11-6-5-10-3-1-7-14-12(10)9-11/h5-6,9,14H,1-4,7-8H2. The molecule has 3 rings (SSSR count). The van der Waals surface area contributed by atoms with Gasteiger partial charge in [0, 0.05) is 30.9 Å². The number of hydrogen-bond donors (Lipinski definition) is 1. The molecule has 1 aromatic carbocycles. The molecule has 2 heterocycles. The van der Waals surface area contributed by atoms with Crippen LogP contribution in [0.25, 0.3) is 0 Å². The maximum absolute atomic E-state index is 11.6. The summed E-state index contributed by atoms with van der Waals surface area (Å²) in [5.74, 6) is 0.260. The monoisotopic (exact) mass is 216 g/mol. The average Bonchev–Trinajstić information content (AvgIpc) is 2.75. The number of carbonyl (C=O) groups excluding carboxylic acids is 1. The summed E-state index contributed by atoms with van der Waals surface area (Å²) in [6, 6.07) is 6.36. The first-order valence-electron chi connectivity index (χ1n) is 6.02. The zero-order chi connectivity index (χ0) is 11.0. The minimum absolute atomic E-state index is 0.260. The van der Waals surface area contributed by atoms with E-state index in [2.05, 4.69) is 23.5 Å². The number of rotatable bonds is 1. The lowest BCUT2D eigenvalue weighted by Crippen LogP contribution is -2.24. The summed E-state index contributed by atoms with van der Waals surface area (Å²) in [5.41, 5.74) is 3.64. The molecule has 1 fully saturated rings. The van der Waals surface area contributed by atoms with E-state index < -0.39 is 0 Å². The van der Waals surface area contributed by atoms with Gasteiger partial charge in [0.15, 0.2) is 0 Å². The van der Waals surface area contributed by atoms with E-state index in [1.165, 1.54) is 17.7 Å². The zero-order valence-corrected chi connectivity index (χ0v) is 9.33. The molecule has 1 saturated heterocycles. The van der Waals surface area contributed by atoms with Crippen molar-refractivity contribution >= 4 is 17.3 Å².